The van der Waals surface area contributed by atoms with Gasteiger partial charge in [0.1, 0.15) is 0 Å². The lowest BCUT2D eigenvalue weighted by molar-refractivity contribution is -0.138. The van der Waals surface area contributed by atoms with Crippen LogP contribution in [0, 0.1) is 17.8 Å². The predicted molar refractivity (Wildman–Crippen MR) is 192 cm³/mol. The van der Waals surface area contributed by atoms with Gasteiger partial charge in [0, 0.05) is 60.4 Å². The number of benzene rings is 3. The summed E-state index contributed by atoms with van der Waals surface area (Å²) < 4.78 is 17.4. The molecule has 0 saturated carbocycles. The van der Waals surface area contributed by atoms with Crippen molar-refractivity contribution in [3.8, 4) is 11.5 Å². The Hall–Kier alpha value is -4.54. The summed E-state index contributed by atoms with van der Waals surface area (Å²) in [6.45, 7) is 8.16. The number of ether oxygens (including phenoxy) is 3. The van der Waals surface area contributed by atoms with Crippen molar-refractivity contribution in [1.29, 1.82) is 0 Å². The first-order valence-electron chi connectivity index (χ1n) is 17.2. The number of methoxy groups -OCH3 is 1. The Bertz CT molecular complexity index is 1830. The molecule has 3 heterocycles. The molecule has 3 aromatic carbocycles. The van der Waals surface area contributed by atoms with Crippen LogP contribution < -0.4 is 14.8 Å². The zero-order chi connectivity index (χ0) is 35.4. The lowest BCUT2D eigenvalue weighted by atomic mass is 9.79. The Morgan fingerprint density at radius 2 is 1.72 bits per heavy atom. The number of rotatable bonds is 12. The van der Waals surface area contributed by atoms with Crippen LogP contribution in [-0.2, 0) is 27.4 Å². The van der Waals surface area contributed by atoms with Crippen molar-refractivity contribution in [2.24, 2.45) is 17.8 Å². The SMILES string of the molecule is COc1cc(C(=O)N2CC3CN(C(=O)Cc4c[nH]c5cc(Cl)ccc45)CC(C(=O)NCC(C)OCc4ccccc4)C3C2)ccc1OC(C)C. The number of carbonyl (C=O) groups is 3. The number of nitrogens with one attached hydrogen (secondary N) is 2. The van der Waals surface area contributed by atoms with Crippen LogP contribution in [-0.4, -0.2) is 84.5 Å². The number of H-pyrrole nitrogens is 1. The van der Waals surface area contributed by atoms with Gasteiger partial charge in [-0.3, -0.25) is 14.4 Å². The number of fused-ring (bicyclic) bond motifs is 2. The van der Waals surface area contributed by atoms with Crippen molar-refractivity contribution in [2.45, 2.75) is 46.0 Å². The maximum absolute atomic E-state index is 13.9. The van der Waals surface area contributed by atoms with Gasteiger partial charge < -0.3 is 34.3 Å². The van der Waals surface area contributed by atoms with E-state index in [1.165, 1.54) is 0 Å². The summed E-state index contributed by atoms with van der Waals surface area (Å²) in [4.78, 5) is 48.4. The summed E-state index contributed by atoms with van der Waals surface area (Å²) in [5.74, 6) is 0.0443. The molecule has 0 spiro atoms. The highest BCUT2D eigenvalue weighted by Gasteiger charge is 2.48. The van der Waals surface area contributed by atoms with Gasteiger partial charge in [-0.2, -0.15) is 0 Å². The van der Waals surface area contributed by atoms with Gasteiger partial charge in [0.15, 0.2) is 11.5 Å². The zero-order valence-corrected chi connectivity index (χ0v) is 29.7. The minimum atomic E-state index is -0.491. The lowest BCUT2D eigenvalue weighted by Crippen LogP contribution is -2.54. The first-order chi connectivity index (χ1) is 24.1. The van der Waals surface area contributed by atoms with Crippen LogP contribution in [0.3, 0.4) is 0 Å². The summed E-state index contributed by atoms with van der Waals surface area (Å²) in [5.41, 5.74) is 3.28. The molecule has 4 unspecified atom stereocenters. The average molecular weight is 701 g/mol. The van der Waals surface area contributed by atoms with Crippen LogP contribution in [0.1, 0.15) is 42.3 Å². The van der Waals surface area contributed by atoms with E-state index in [4.69, 9.17) is 25.8 Å². The molecule has 4 aromatic rings. The van der Waals surface area contributed by atoms with Gasteiger partial charge in [0.25, 0.3) is 5.91 Å². The normalized spacial score (nSPS) is 19.4. The Morgan fingerprint density at radius 1 is 0.940 bits per heavy atom. The molecule has 10 nitrogen and oxygen atoms in total. The van der Waals surface area contributed by atoms with Gasteiger partial charge in [0.05, 0.1) is 38.3 Å². The molecule has 50 heavy (non-hydrogen) atoms. The number of carbonyl (C=O) groups excluding carboxylic acids is 3. The standard InChI is InChI=1S/C39H45ClN4O6/c1-24(2)50-35-13-10-27(14-36(35)48-4)39(47)44-20-29-19-43(37(45)15-28-18-41-34-16-30(40)11-12-31(28)34)22-33(32(29)21-44)38(46)42-17-25(3)49-23-26-8-6-5-7-9-26/h5-14,16,18,24-25,29,32-33,41H,15,17,19-23H2,1-4H3,(H,42,46). The molecular weight excluding hydrogens is 656 g/mol. The Labute approximate surface area is 298 Å². The molecular formula is C39H45ClN4O6. The predicted octanol–water partition coefficient (Wildman–Crippen LogP) is 5.73. The van der Waals surface area contributed by atoms with E-state index in [1.54, 1.807) is 35.1 Å². The minimum absolute atomic E-state index is 0.0474. The monoisotopic (exact) mass is 700 g/mol. The van der Waals surface area contributed by atoms with Crippen LogP contribution in [0.2, 0.25) is 5.02 Å². The number of piperidine rings is 1. The van der Waals surface area contributed by atoms with Crippen molar-refractivity contribution >= 4 is 40.2 Å². The summed E-state index contributed by atoms with van der Waals surface area (Å²) in [6.07, 6.45) is 1.76. The van der Waals surface area contributed by atoms with Gasteiger partial charge >= 0.3 is 0 Å². The molecule has 4 atom stereocenters. The molecule has 11 heteroatoms. The topological polar surface area (TPSA) is 113 Å². The van der Waals surface area contributed by atoms with Gasteiger partial charge in [-0.1, -0.05) is 48.0 Å². The third-order valence-electron chi connectivity index (χ3n) is 9.64. The fourth-order valence-corrected chi connectivity index (χ4v) is 7.26. The second kappa shape index (κ2) is 15.6. The van der Waals surface area contributed by atoms with E-state index in [9.17, 15) is 14.4 Å². The fraction of sp³-hybridized carbons (Fsp3) is 0.410. The molecule has 1 aromatic heterocycles. The van der Waals surface area contributed by atoms with Crippen LogP contribution in [0.15, 0.2) is 72.9 Å². The Morgan fingerprint density at radius 3 is 2.48 bits per heavy atom. The number of halogens is 1. The molecule has 2 aliphatic heterocycles. The second-order valence-electron chi connectivity index (χ2n) is 13.6. The molecule has 264 valence electrons. The summed E-state index contributed by atoms with van der Waals surface area (Å²) in [5, 5.41) is 4.65. The number of amides is 3. The Kier molecular flexibility index (Phi) is 11.0. The summed E-state index contributed by atoms with van der Waals surface area (Å²) in [7, 11) is 1.55. The maximum Gasteiger partial charge on any atom is 0.254 e. The van der Waals surface area contributed by atoms with E-state index in [2.05, 4.69) is 10.3 Å². The molecule has 6 rings (SSSR count). The Balaban J connectivity index is 1.17. The van der Waals surface area contributed by atoms with Crippen molar-refractivity contribution in [1.82, 2.24) is 20.1 Å². The fourth-order valence-electron chi connectivity index (χ4n) is 7.08. The number of nitrogens with zero attached hydrogens (tertiary/aromatic N) is 2. The minimum Gasteiger partial charge on any atom is -0.493 e. The van der Waals surface area contributed by atoms with E-state index < -0.39 is 5.92 Å². The second-order valence-corrected chi connectivity index (χ2v) is 14.0. The molecule has 3 amide bonds. The first-order valence-corrected chi connectivity index (χ1v) is 17.6. The highest BCUT2D eigenvalue weighted by Crippen LogP contribution is 2.37. The largest absolute Gasteiger partial charge is 0.493 e. The number of aromatic amines is 1. The van der Waals surface area contributed by atoms with E-state index in [0.717, 1.165) is 22.0 Å². The maximum atomic E-state index is 13.9. The summed E-state index contributed by atoms with van der Waals surface area (Å²) >= 11 is 6.18. The highest BCUT2D eigenvalue weighted by molar-refractivity contribution is 6.31. The third kappa shape index (κ3) is 8.08. The van der Waals surface area contributed by atoms with Crippen molar-refractivity contribution < 1.29 is 28.6 Å². The molecule has 0 bridgehead atoms. The number of hydrogen-bond donors (Lipinski definition) is 2. The van der Waals surface area contributed by atoms with E-state index in [1.807, 2.05) is 75.5 Å². The molecule has 0 radical (unpaired) electrons. The number of likely N-dealkylation sites (tertiary alicyclic amines) is 2. The third-order valence-corrected chi connectivity index (χ3v) is 9.88. The molecule has 2 saturated heterocycles. The molecule has 0 aliphatic carbocycles. The van der Waals surface area contributed by atoms with E-state index >= 15 is 0 Å². The quantitative estimate of drug-likeness (QED) is 0.195. The number of hydrogen-bond acceptors (Lipinski definition) is 6. The van der Waals surface area contributed by atoms with Crippen LogP contribution in [0.25, 0.3) is 10.9 Å². The molecule has 2 fully saturated rings. The van der Waals surface area contributed by atoms with Gasteiger partial charge in [-0.05, 0) is 74.1 Å². The number of aromatic nitrogens is 1. The molecule has 2 aliphatic rings. The van der Waals surface area contributed by atoms with Crippen LogP contribution in [0.5, 0.6) is 11.5 Å². The van der Waals surface area contributed by atoms with Crippen molar-refractivity contribution in [3.63, 3.8) is 0 Å². The zero-order valence-electron chi connectivity index (χ0n) is 29.0. The highest BCUT2D eigenvalue weighted by atomic mass is 35.5. The first kappa shape index (κ1) is 35.3. The van der Waals surface area contributed by atoms with Gasteiger partial charge in [0.2, 0.25) is 11.8 Å². The van der Waals surface area contributed by atoms with E-state index in [0.29, 0.717) is 54.9 Å². The van der Waals surface area contributed by atoms with Gasteiger partial charge in [-0.25, -0.2) is 0 Å². The van der Waals surface area contributed by atoms with Crippen LogP contribution >= 0.6 is 11.6 Å². The smallest absolute Gasteiger partial charge is 0.254 e. The van der Waals surface area contributed by atoms with E-state index in [-0.39, 0.29) is 54.7 Å². The average Bonchev–Trinajstić information content (AvgIpc) is 3.73. The summed E-state index contributed by atoms with van der Waals surface area (Å²) in [6, 6.07) is 20.7. The van der Waals surface area contributed by atoms with Crippen molar-refractivity contribution in [2.75, 3.05) is 39.8 Å². The van der Waals surface area contributed by atoms with Gasteiger partial charge in [-0.15, -0.1) is 0 Å². The van der Waals surface area contributed by atoms with Crippen molar-refractivity contribution in [3.05, 3.63) is 94.6 Å². The molecule has 2 N–H and O–H groups in total. The lowest BCUT2D eigenvalue weighted by Gasteiger charge is -2.39. The van der Waals surface area contributed by atoms with Crippen LogP contribution in [0.4, 0.5) is 0 Å².